The number of carbonyl (C=O) groups is 2. The fraction of sp³-hybridized carbons (Fsp3) is 0.882. The lowest BCUT2D eigenvalue weighted by molar-refractivity contribution is -0.350. The van der Waals surface area contributed by atoms with Crippen LogP contribution in [0.4, 0.5) is 35.5 Å². The Morgan fingerprint density at radius 2 is 1.64 bits per heavy atom. The van der Waals surface area contributed by atoms with Crippen molar-refractivity contribution in [3.8, 4) is 0 Å². The normalized spacial score (nSPS) is 18.8. The van der Waals surface area contributed by atoms with Crippen LogP contribution in [0, 0.1) is 0 Å². The number of nitrogens with one attached hydrogen (secondary N) is 1. The summed E-state index contributed by atoms with van der Waals surface area (Å²) in [6, 6.07) is -0.528. The lowest BCUT2D eigenvalue weighted by atomic mass is 9.96. The summed E-state index contributed by atoms with van der Waals surface area (Å²) in [7, 11) is 0. The summed E-state index contributed by atoms with van der Waals surface area (Å²) in [5, 5.41) is -3.22. The van der Waals surface area contributed by atoms with E-state index in [1.807, 2.05) is 0 Å². The molecule has 0 radical (unpaired) electrons. The van der Waals surface area contributed by atoms with E-state index in [1.165, 1.54) is 0 Å². The quantitative estimate of drug-likeness (QED) is 0.139. The fourth-order valence-corrected chi connectivity index (χ4v) is 3.33. The molecule has 1 amide bonds. The van der Waals surface area contributed by atoms with Gasteiger partial charge in [0.15, 0.2) is 0 Å². The van der Waals surface area contributed by atoms with Gasteiger partial charge in [0.1, 0.15) is 0 Å². The highest BCUT2D eigenvalue weighted by Gasteiger charge is 2.68. The van der Waals surface area contributed by atoms with Gasteiger partial charge in [0.05, 0.1) is 13.2 Å². The second-order valence-corrected chi connectivity index (χ2v) is 8.14. The molecule has 194 valence electrons. The van der Waals surface area contributed by atoms with Crippen molar-refractivity contribution in [1.82, 2.24) is 5.32 Å². The van der Waals surface area contributed by atoms with Crippen molar-refractivity contribution in [2.45, 2.75) is 81.1 Å². The van der Waals surface area contributed by atoms with E-state index in [-0.39, 0.29) is 0 Å². The molecule has 2 unspecified atom stereocenters. The van der Waals surface area contributed by atoms with Crippen LogP contribution in [0.1, 0.15) is 51.9 Å². The molecule has 0 aromatic carbocycles. The smallest absolute Gasteiger partial charge is 0.461 e. The number of carbonyl (C=O) groups excluding carboxylic acids is 2. The first kappa shape index (κ1) is 29.4. The molecule has 1 rings (SSSR count). The van der Waals surface area contributed by atoms with Gasteiger partial charge >= 0.3 is 35.2 Å². The summed E-state index contributed by atoms with van der Waals surface area (Å²) in [5.74, 6) is -11.6. The number of rotatable bonds is 11. The van der Waals surface area contributed by atoms with Gasteiger partial charge in [0, 0.05) is 12.5 Å². The molecule has 0 bridgehead atoms. The van der Waals surface area contributed by atoms with Crippen molar-refractivity contribution in [1.29, 1.82) is 0 Å². The molecule has 0 aromatic heterocycles. The zero-order valence-electron chi connectivity index (χ0n) is 17.4. The summed E-state index contributed by atoms with van der Waals surface area (Å²) in [4.78, 5) is 24.1. The Morgan fingerprint density at radius 1 is 1.06 bits per heavy atom. The third-order valence-corrected chi connectivity index (χ3v) is 5.40. The summed E-state index contributed by atoms with van der Waals surface area (Å²) >= 11 is -4.26. The number of amides is 1. The van der Waals surface area contributed by atoms with E-state index in [4.69, 9.17) is 4.55 Å². The molecule has 1 aliphatic carbocycles. The first-order valence-electron chi connectivity index (χ1n) is 9.84. The predicted molar refractivity (Wildman–Crippen MR) is 97.8 cm³/mol. The Balaban J connectivity index is 2.98. The van der Waals surface area contributed by atoms with Gasteiger partial charge in [-0.15, -0.1) is 0 Å². The lowest BCUT2D eigenvalue weighted by Gasteiger charge is -2.33. The van der Waals surface area contributed by atoms with Crippen molar-refractivity contribution < 1.29 is 63.3 Å². The number of ether oxygens (including phenoxy) is 3. The van der Waals surface area contributed by atoms with Crippen LogP contribution >= 0.6 is 0 Å². The number of hydrogen-bond acceptors (Lipinski definition) is 6. The molecule has 1 aliphatic rings. The topological polar surface area (TPSA) is 111 Å². The summed E-state index contributed by atoms with van der Waals surface area (Å²) in [5.41, 5.74) is 0. The Hall–Kier alpha value is -1.68. The van der Waals surface area contributed by atoms with Crippen LogP contribution in [0.3, 0.4) is 0 Å². The minimum atomic E-state index is -5.73. The van der Waals surface area contributed by atoms with Gasteiger partial charge in [-0.3, -0.25) is 0 Å². The van der Waals surface area contributed by atoms with Gasteiger partial charge in [-0.05, 0) is 26.2 Å². The molecule has 2 N–H and O–H groups in total. The van der Waals surface area contributed by atoms with Gasteiger partial charge in [0.25, 0.3) is 0 Å². The maximum Gasteiger partial charge on any atom is 0.468 e. The average molecular weight is 519 g/mol. The largest absolute Gasteiger partial charge is 0.468 e. The maximum absolute atomic E-state index is 13.8. The molecule has 8 nitrogen and oxygen atoms in total. The molecule has 0 aliphatic heterocycles. The van der Waals surface area contributed by atoms with Crippen molar-refractivity contribution in [2.24, 2.45) is 0 Å². The first-order valence-corrected chi connectivity index (χ1v) is 11.0. The minimum Gasteiger partial charge on any atom is -0.461 e. The van der Waals surface area contributed by atoms with Crippen LogP contribution in [-0.2, 0) is 30.1 Å². The third-order valence-electron chi connectivity index (χ3n) is 4.67. The summed E-state index contributed by atoms with van der Waals surface area (Å²) in [6.45, 7) is -0.877. The minimum absolute atomic E-state index is 0.448. The first-order chi connectivity index (χ1) is 15.1. The summed E-state index contributed by atoms with van der Waals surface area (Å²) in [6.07, 6.45) is -7.38. The predicted octanol–water partition coefficient (Wildman–Crippen LogP) is 4.11. The highest BCUT2D eigenvalue weighted by Crippen LogP contribution is 2.41. The molecule has 0 aromatic rings. The lowest BCUT2D eigenvalue weighted by Crippen LogP contribution is -2.60. The van der Waals surface area contributed by atoms with Crippen LogP contribution < -0.4 is 5.32 Å². The second kappa shape index (κ2) is 11.6. The third kappa shape index (κ3) is 7.40. The number of alkyl carbamates (subject to hydrolysis) is 1. The number of halogens is 7. The van der Waals surface area contributed by atoms with Gasteiger partial charge in [-0.1, -0.05) is 19.3 Å². The Bertz CT molecular complexity index is 702. The van der Waals surface area contributed by atoms with E-state index in [9.17, 15) is 44.5 Å². The van der Waals surface area contributed by atoms with Crippen molar-refractivity contribution in [3.05, 3.63) is 0 Å². The highest BCUT2D eigenvalue weighted by molar-refractivity contribution is 7.80. The molecule has 2 atom stereocenters. The SMILES string of the molecule is CCOC(=O)C(OCCCC(F)(F)C(F)(F)S(=O)O)(OC(=O)NC1CCCCC1)C(F)(F)F. The zero-order chi connectivity index (χ0) is 25.5. The Morgan fingerprint density at radius 3 is 2.12 bits per heavy atom. The average Bonchev–Trinajstić information content (AvgIpc) is 2.69. The highest BCUT2D eigenvalue weighted by atomic mass is 32.2. The van der Waals surface area contributed by atoms with Crippen LogP contribution in [-0.4, -0.2) is 63.2 Å². The van der Waals surface area contributed by atoms with Crippen molar-refractivity contribution in [3.63, 3.8) is 0 Å². The van der Waals surface area contributed by atoms with Crippen molar-refractivity contribution >= 4 is 23.1 Å². The van der Waals surface area contributed by atoms with Crippen LogP contribution in [0.15, 0.2) is 0 Å². The Kier molecular flexibility index (Phi) is 10.4. The molecule has 33 heavy (non-hydrogen) atoms. The van der Waals surface area contributed by atoms with E-state index in [0.717, 1.165) is 13.3 Å². The van der Waals surface area contributed by atoms with E-state index in [0.29, 0.717) is 25.7 Å². The molecule has 0 saturated heterocycles. The number of esters is 1. The number of alkyl halides is 7. The van der Waals surface area contributed by atoms with Crippen LogP contribution in [0.25, 0.3) is 0 Å². The van der Waals surface area contributed by atoms with Gasteiger partial charge in [0.2, 0.25) is 11.1 Å². The van der Waals surface area contributed by atoms with Crippen LogP contribution in [0.2, 0.25) is 0 Å². The van der Waals surface area contributed by atoms with E-state index in [2.05, 4.69) is 19.5 Å². The molecular formula is C17H24F7NO7S. The van der Waals surface area contributed by atoms with Crippen LogP contribution in [0.5, 0.6) is 0 Å². The van der Waals surface area contributed by atoms with E-state index < -0.39 is 78.4 Å². The van der Waals surface area contributed by atoms with E-state index >= 15 is 0 Å². The molecule has 0 spiro atoms. The molecular weight excluding hydrogens is 495 g/mol. The number of hydrogen-bond donors (Lipinski definition) is 2. The monoisotopic (exact) mass is 519 g/mol. The molecule has 16 heteroatoms. The zero-order valence-corrected chi connectivity index (χ0v) is 18.2. The van der Waals surface area contributed by atoms with E-state index in [1.54, 1.807) is 0 Å². The molecule has 1 saturated carbocycles. The molecule has 0 heterocycles. The fourth-order valence-electron chi connectivity index (χ4n) is 2.97. The van der Waals surface area contributed by atoms with Gasteiger partial charge in [-0.2, -0.15) is 30.7 Å². The molecule has 1 fully saturated rings. The van der Waals surface area contributed by atoms with Gasteiger partial charge in [-0.25, -0.2) is 13.8 Å². The standard InChI is InChI=1S/C17H24F7NO7S/c1-2-30-12(26)15(16(20,21)22,32-13(27)25-11-7-4-3-5-8-11)31-10-6-9-14(18,19)17(23,24)33(28)29/h11H,2-10H2,1H3,(H,25,27)(H,28,29). The maximum atomic E-state index is 13.8. The second-order valence-electron chi connectivity index (χ2n) is 7.13. The van der Waals surface area contributed by atoms with Crippen molar-refractivity contribution in [2.75, 3.05) is 13.2 Å². The Labute approximate surface area is 186 Å². The van der Waals surface area contributed by atoms with Gasteiger partial charge < -0.3 is 24.1 Å². The summed E-state index contributed by atoms with van der Waals surface area (Å²) < 4.78 is 126.